The maximum absolute atomic E-state index is 13.3. The van der Waals surface area contributed by atoms with Gasteiger partial charge in [-0.15, -0.1) is 0 Å². The Labute approximate surface area is 141 Å². The molecule has 0 saturated heterocycles. The molecule has 0 aliphatic rings. The van der Waals surface area contributed by atoms with Gasteiger partial charge >= 0.3 is 0 Å². The third-order valence-corrected chi connectivity index (χ3v) is 4.15. The van der Waals surface area contributed by atoms with Crippen LogP contribution in [-0.2, 0) is 0 Å². The zero-order valence-electron chi connectivity index (χ0n) is 13.9. The van der Waals surface area contributed by atoms with Crippen LogP contribution < -0.4 is 0 Å². The molecule has 0 aliphatic carbocycles. The highest BCUT2D eigenvalue weighted by molar-refractivity contribution is 5.79. The highest BCUT2D eigenvalue weighted by Gasteiger charge is 2.05. The molecule has 0 radical (unpaired) electrons. The number of furan rings is 1. The lowest BCUT2D eigenvalue weighted by atomic mass is 9.99. The molecule has 0 saturated carbocycles. The van der Waals surface area contributed by atoms with Gasteiger partial charge in [0, 0.05) is 5.56 Å². The minimum atomic E-state index is -0.277. The molecule has 0 N–H and O–H groups in total. The summed E-state index contributed by atoms with van der Waals surface area (Å²) < 4.78 is 19.0. The standard InChI is InChI=1S/C21H20FNO/c1-3-15(2)16-7-9-19(10-8-16)23-14-20-11-12-21(24-20)17-5-4-6-18(22)13-17/h4-15H,3H2,1-2H3/t15-/m1/s1. The van der Waals surface area contributed by atoms with Crippen molar-refractivity contribution in [3.8, 4) is 11.3 Å². The van der Waals surface area contributed by atoms with E-state index in [-0.39, 0.29) is 5.82 Å². The molecule has 0 fully saturated rings. The molecule has 122 valence electrons. The molecule has 2 nitrogen and oxygen atoms in total. The van der Waals surface area contributed by atoms with Crippen LogP contribution in [-0.4, -0.2) is 6.21 Å². The largest absolute Gasteiger partial charge is 0.455 e. The lowest BCUT2D eigenvalue weighted by Gasteiger charge is -2.08. The Morgan fingerprint density at radius 2 is 1.88 bits per heavy atom. The first-order valence-corrected chi connectivity index (χ1v) is 8.15. The first-order valence-electron chi connectivity index (χ1n) is 8.15. The maximum atomic E-state index is 13.3. The summed E-state index contributed by atoms with van der Waals surface area (Å²) in [5, 5.41) is 0. The van der Waals surface area contributed by atoms with E-state index in [2.05, 4.69) is 31.0 Å². The molecule has 0 bridgehead atoms. The minimum Gasteiger partial charge on any atom is -0.455 e. The molecule has 3 aromatic rings. The van der Waals surface area contributed by atoms with E-state index in [9.17, 15) is 4.39 Å². The fourth-order valence-corrected chi connectivity index (χ4v) is 2.48. The predicted molar refractivity (Wildman–Crippen MR) is 96.5 cm³/mol. The summed E-state index contributed by atoms with van der Waals surface area (Å²) >= 11 is 0. The Hall–Kier alpha value is -2.68. The Balaban J connectivity index is 1.73. The van der Waals surface area contributed by atoms with E-state index >= 15 is 0 Å². The van der Waals surface area contributed by atoms with Crippen LogP contribution >= 0.6 is 0 Å². The topological polar surface area (TPSA) is 25.5 Å². The third kappa shape index (κ3) is 3.80. The van der Waals surface area contributed by atoms with Gasteiger partial charge in [0.25, 0.3) is 0 Å². The second kappa shape index (κ2) is 7.26. The molecular formula is C21H20FNO. The Morgan fingerprint density at radius 3 is 2.58 bits per heavy atom. The molecule has 0 unspecified atom stereocenters. The fraction of sp³-hybridized carbons (Fsp3) is 0.190. The molecule has 0 aliphatic heterocycles. The summed E-state index contributed by atoms with van der Waals surface area (Å²) in [5.41, 5.74) is 2.92. The van der Waals surface area contributed by atoms with Gasteiger partial charge in [0.15, 0.2) is 0 Å². The van der Waals surface area contributed by atoms with E-state index in [1.165, 1.54) is 17.7 Å². The molecule has 1 aromatic heterocycles. The van der Waals surface area contributed by atoms with Gasteiger partial charge in [-0.05, 0) is 54.3 Å². The zero-order chi connectivity index (χ0) is 16.9. The quantitative estimate of drug-likeness (QED) is 0.503. The molecular weight excluding hydrogens is 301 g/mol. The van der Waals surface area contributed by atoms with Crippen LogP contribution in [0.25, 0.3) is 11.3 Å². The first kappa shape index (κ1) is 16.2. The SMILES string of the molecule is CC[C@@H](C)c1ccc(N=Cc2ccc(-c3cccc(F)c3)o2)cc1. The fourth-order valence-electron chi connectivity index (χ4n) is 2.48. The van der Waals surface area contributed by atoms with Crippen LogP contribution in [0.1, 0.15) is 37.5 Å². The predicted octanol–water partition coefficient (Wildman–Crippen LogP) is 6.35. The number of hydrogen-bond donors (Lipinski definition) is 0. The molecule has 0 spiro atoms. The van der Waals surface area contributed by atoms with Crippen LogP contribution in [0.4, 0.5) is 10.1 Å². The van der Waals surface area contributed by atoms with Crippen molar-refractivity contribution >= 4 is 11.9 Å². The average Bonchev–Trinajstić information content (AvgIpc) is 3.09. The van der Waals surface area contributed by atoms with Gasteiger partial charge in [-0.2, -0.15) is 0 Å². The van der Waals surface area contributed by atoms with Gasteiger partial charge in [-0.25, -0.2) is 4.39 Å². The van der Waals surface area contributed by atoms with Crippen molar-refractivity contribution in [3.63, 3.8) is 0 Å². The summed E-state index contributed by atoms with van der Waals surface area (Å²) in [4.78, 5) is 4.43. The number of rotatable bonds is 5. The minimum absolute atomic E-state index is 0.277. The van der Waals surface area contributed by atoms with Crippen LogP contribution in [0, 0.1) is 5.82 Å². The van der Waals surface area contributed by atoms with E-state index in [1.54, 1.807) is 12.3 Å². The molecule has 3 rings (SSSR count). The highest BCUT2D eigenvalue weighted by atomic mass is 19.1. The maximum Gasteiger partial charge on any atom is 0.145 e. The van der Waals surface area contributed by atoms with Crippen LogP contribution in [0.5, 0.6) is 0 Å². The molecule has 3 heteroatoms. The number of hydrogen-bond acceptors (Lipinski definition) is 2. The Morgan fingerprint density at radius 1 is 1.08 bits per heavy atom. The van der Waals surface area contributed by atoms with Crippen molar-refractivity contribution in [2.24, 2.45) is 4.99 Å². The molecule has 24 heavy (non-hydrogen) atoms. The van der Waals surface area contributed by atoms with Gasteiger partial charge in [0.2, 0.25) is 0 Å². The number of halogens is 1. The lowest BCUT2D eigenvalue weighted by molar-refractivity contribution is 0.573. The van der Waals surface area contributed by atoms with Crippen molar-refractivity contribution in [3.05, 3.63) is 77.8 Å². The number of aliphatic imine (C=N–C) groups is 1. The van der Waals surface area contributed by atoms with Crippen molar-refractivity contribution in [2.45, 2.75) is 26.2 Å². The van der Waals surface area contributed by atoms with Crippen molar-refractivity contribution < 1.29 is 8.81 Å². The van der Waals surface area contributed by atoms with Crippen molar-refractivity contribution in [2.75, 3.05) is 0 Å². The first-order chi connectivity index (χ1) is 11.7. The summed E-state index contributed by atoms with van der Waals surface area (Å²) in [6, 6.07) is 18.2. The summed E-state index contributed by atoms with van der Waals surface area (Å²) in [6.07, 6.45) is 2.80. The second-order valence-electron chi connectivity index (χ2n) is 5.87. The van der Waals surface area contributed by atoms with Gasteiger partial charge in [-0.3, -0.25) is 4.99 Å². The van der Waals surface area contributed by atoms with Crippen LogP contribution in [0.3, 0.4) is 0 Å². The van der Waals surface area contributed by atoms with Gasteiger partial charge in [-0.1, -0.05) is 38.1 Å². The molecule has 1 heterocycles. The molecule has 2 aromatic carbocycles. The Bertz CT molecular complexity index is 833. The smallest absolute Gasteiger partial charge is 0.145 e. The summed E-state index contributed by atoms with van der Waals surface area (Å²) in [6.45, 7) is 4.40. The third-order valence-electron chi connectivity index (χ3n) is 4.15. The monoisotopic (exact) mass is 321 g/mol. The molecule has 1 atom stereocenters. The van der Waals surface area contributed by atoms with Crippen LogP contribution in [0.2, 0.25) is 0 Å². The summed E-state index contributed by atoms with van der Waals surface area (Å²) in [7, 11) is 0. The van der Waals surface area contributed by atoms with E-state index in [0.29, 0.717) is 23.0 Å². The van der Waals surface area contributed by atoms with Gasteiger partial charge in [0.05, 0.1) is 11.9 Å². The normalized spacial score (nSPS) is 12.6. The van der Waals surface area contributed by atoms with Crippen LogP contribution in [0.15, 0.2) is 70.1 Å². The lowest BCUT2D eigenvalue weighted by Crippen LogP contribution is -1.89. The number of benzene rings is 2. The second-order valence-corrected chi connectivity index (χ2v) is 5.87. The number of nitrogens with zero attached hydrogens (tertiary/aromatic N) is 1. The average molecular weight is 321 g/mol. The van der Waals surface area contributed by atoms with Gasteiger partial charge in [0.1, 0.15) is 17.3 Å². The van der Waals surface area contributed by atoms with Crippen molar-refractivity contribution in [1.82, 2.24) is 0 Å². The summed E-state index contributed by atoms with van der Waals surface area (Å²) in [5.74, 6) is 1.55. The Kier molecular flexibility index (Phi) is 4.90. The zero-order valence-corrected chi connectivity index (χ0v) is 13.9. The van der Waals surface area contributed by atoms with Crippen molar-refractivity contribution in [1.29, 1.82) is 0 Å². The van der Waals surface area contributed by atoms with E-state index in [4.69, 9.17) is 4.42 Å². The van der Waals surface area contributed by atoms with Gasteiger partial charge < -0.3 is 4.42 Å². The van der Waals surface area contributed by atoms with E-state index in [1.807, 2.05) is 30.3 Å². The van der Waals surface area contributed by atoms with E-state index in [0.717, 1.165) is 12.1 Å². The highest BCUT2D eigenvalue weighted by Crippen LogP contribution is 2.24. The van der Waals surface area contributed by atoms with E-state index < -0.39 is 0 Å². The molecule has 0 amide bonds.